The normalized spacial score (nSPS) is 15.0. The topological polar surface area (TPSA) is 37.8 Å². The van der Waals surface area contributed by atoms with Crippen molar-refractivity contribution in [2.24, 2.45) is 0 Å². The van der Waals surface area contributed by atoms with E-state index in [-0.39, 0.29) is 0 Å². The second kappa shape index (κ2) is 5.62. The molecule has 1 aliphatic carbocycles. The SMILES string of the molecule is Cc1cnccc1-c1nc(C2CC2)c(CNC(C)C)s1. The van der Waals surface area contributed by atoms with E-state index in [0.29, 0.717) is 12.0 Å². The number of aryl methyl sites for hydroxylation is 1. The van der Waals surface area contributed by atoms with E-state index in [4.69, 9.17) is 4.98 Å². The van der Waals surface area contributed by atoms with Crippen LogP contribution in [0.25, 0.3) is 10.6 Å². The number of nitrogens with zero attached hydrogens (tertiary/aromatic N) is 2. The van der Waals surface area contributed by atoms with Crippen LogP contribution in [-0.4, -0.2) is 16.0 Å². The maximum atomic E-state index is 4.93. The number of hydrogen-bond donors (Lipinski definition) is 1. The van der Waals surface area contributed by atoms with Gasteiger partial charge in [0.2, 0.25) is 0 Å². The highest BCUT2D eigenvalue weighted by atomic mass is 32.1. The summed E-state index contributed by atoms with van der Waals surface area (Å²) in [6, 6.07) is 2.58. The first kappa shape index (κ1) is 13.7. The van der Waals surface area contributed by atoms with Crippen LogP contribution in [0.4, 0.5) is 0 Å². The molecule has 0 bridgehead atoms. The monoisotopic (exact) mass is 287 g/mol. The van der Waals surface area contributed by atoms with E-state index in [1.807, 2.05) is 23.7 Å². The van der Waals surface area contributed by atoms with E-state index < -0.39 is 0 Å². The molecule has 0 amide bonds. The fourth-order valence-electron chi connectivity index (χ4n) is 2.29. The molecule has 0 aliphatic heterocycles. The lowest BCUT2D eigenvalue weighted by Crippen LogP contribution is -2.21. The quantitative estimate of drug-likeness (QED) is 0.906. The third kappa shape index (κ3) is 2.91. The summed E-state index contributed by atoms with van der Waals surface area (Å²) in [5.41, 5.74) is 3.75. The molecule has 106 valence electrons. The van der Waals surface area contributed by atoms with E-state index in [9.17, 15) is 0 Å². The molecule has 1 fully saturated rings. The fourth-order valence-corrected chi connectivity index (χ4v) is 3.48. The van der Waals surface area contributed by atoms with Gasteiger partial charge in [-0.3, -0.25) is 4.98 Å². The van der Waals surface area contributed by atoms with Crippen LogP contribution in [0, 0.1) is 6.92 Å². The van der Waals surface area contributed by atoms with Gasteiger partial charge in [0.05, 0.1) is 5.69 Å². The van der Waals surface area contributed by atoms with Crippen molar-refractivity contribution in [3.8, 4) is 10.6 Å². The Balaban J connectivity index is 1.93. The van der Waals surface area contributed by atoms with Gasteiger partial charge in [-0.05, 0) is 31.4 Å². The van der Waals surface area contributed by atoms with Crippen molar-refractivity contribution >= 4 is 11.3 Å². The number of hydrogen-bond acceptors (Lipinski definition) is 4. The maximum absolute atomic E-state index is 4.93. The first-order valence-electron chi connectivity index (χ1n) is 7.29. The molecular weight excluding hydrogens is 266 g/mol. The van der Waals surface area contributed by atoms with Gasteiger partial charge in [-0.2, -0.15) is 0 Å². The van der Waals surface area contributed by atoms with Gasteiger partial charge in [-0.25, -0.2) is 4.98 Å². The van der Waals surface area contributed by atoms with E-state index >= 15 is 0 Å². The molecule has 3 rings (SSSR count). The molecule has 1 saturated carbocycles. The number of rotatable bonds is 5. The lowest BCUT2D eigenvalue weighted by molar-refractivity contribution is 0.590. The lowest BCUT2D eigenvalue weighted by atomic mass is 10.2. The van der Waals surface area contributed by atoms with Gasteiger partial charge in [0.1, 0.15) is 5.01 Å². The second-order valence-corrected chi connectivity index (χ2v) is 6.91. The number of aromatic nitrogens is 2. The highest BCUT2D eigenvalue weighted by Gasteiger charge is 2.29. The molecule has 0 spiro atoms. The molecule has 0 radical (unpaired) electrons. The lowest BCUT2D eigenvalue weighted by Gasteiger charge is -2.07. The van der Waals surface area contributed by atoms with Crippen LogP contribution in [0.5, 0.6) is 0 Å². The number of pyridine rings is 1. The van der Waals surface area contributed by atoms with Crippen LogP contribution in [0.3, 0.4) is 0 Å². The summed E-state index contributed by atoms with van der Waals surface area (Å²) in [5, 5.41) is 4.67. The molecule has 0 unspecified atom stereocenters. The standard InChI is InChI=1S/C16H21N3S/c1-10(2)18-9-14-15(12-4-5-12)19-16(20-14)13-6-7-17-8-11(13)3/h6-8,10,12,18H,4-5,9H2,1-3H3. The first-order chi connectivity index (χ1) is 9.65. The van der Waals surface area contributed by atoms with Crippen LogP contribution < -0.4 is 5.32 Å². The smallest absolute Gasteiger partial charge is 0.124 e. The highest BCUT2D eigenvalue weighted by molar-refractivity contribution is 7.15. The minimum absolute atomic E-state index is 0.510. The van der Waals surface area contributed by atoms with E-state index in [1.54, 1.807) is 0 Å². The zero-order chi connectivity index (χ0) is 14.1. The summed E-state index contributed by atoms with van der Waals surface area (Å²) in [5.74, 6) is 0.700. The fraction of sp³-hybridized carbons (Fsp3) is 0.500. The predicted octanol–water partition coefficient (Wildman–Crippen LogP) is 3.89. The number of thiazole rings is 1. The molecule has 20 heavy (non-hydrogen) atoms. The number of nitrogens with one attached hydrogen (secondary N) is 1. The molecule has 3 nitrogen and oxygen atoms in total. The minimum atomic E-state index is 0.510. The average Bonchev–Trinajstić information content (AvgIpc) is 3.18. The van der Waals surface area contributed by atoms with Crippen molar-refractivity contribution in [1.29, 1.82) is 0 Å². The van der Waals surface area contributed by atoms with E-state index in [1.165, 1.54) is 34.5 Å². The first-order valence-corrected chi connectivity index (χ1v) is 8.10. The Bertz CT molecular complexity index is 600. The largest absolute Gasteiger partial charge is 0.310 e. The average molecular weight is 287 g/mol. The molecule has 1 N–H and O–H groups in total. The third-order valence-corrected chi connectivity index (χ3v) is 4.72. The molecule has 4 heteroatoms. The van der Waals surface area contributed by atoms with Crippen LogP contribution >= 0.6 is 11.3 Å². The van der Waals surface area contributed by atoms with Crippen LogP contribution in [-0.2, 0) is 6.54 Å². The Morgan fingerprint density at radius 3 is 2.85 bits per heavy atom. The summed E-state index contributed by atoms with van der Waals surface area (Å²) < 4.78 is 0. The Hall–Kier alpha value is -1.26. The zero-order valence-electron chi connectivity index (χ0n) is 12.3. The summed E-state index contributed by atoms with van der Waals surface area (Å²) in [7, 11) is 0. The van der Waals surface area contributed by atoms with Crippen LogP contribution in [0.2, 0.25) is 0 Å². The Kier molecular flexibility index (Phi) is 3.85. The summed E-state index contributed by atoms with van der Waals surface area (Å²) in [6.07, 6.45) is 6.37. The molecule has 2 aromatic heterocycles. The summed E-state index contributed by atoms with van der Waals surface area (Å²) >= 11 is 1.84. The Morgan fingerprint density at radius 1 is 1.40 bits per heavy atom. The molecule has 0 aromatic carbocycles. The molecule has 0 atom stereocenters. The van der Waals surface area contributed by atoms with Gasteiger partial charge < -0.3 is 5.32 Å². The van der Waals surface area contributed by atoms with Crippen molar-refractivity contribution in [3.63, 3.8) is 0 Å². The van der Waals surface area contributed by atoms with Gasteiger partial charge in [-0.1, -0.05) is 13.8 Å². The van der Waals surface area contributed by atoms with Crippen LogP contribution in [0.1, 0.15) is 48.7 Å². The Morgan fingerprint density at radius 2 is 2.20 bits per heavy atom. The minimum Gasteiger partial charge on any atom is -0.310 e. The predicted molar refractivity (Wildman–Crippen MR) is 84.0 cm³/mol. The van der Waals surface area contributed by atoms with Gasteiger partial charge in [0, 0.05) is 41.3 Å². The third-order valence-electron chi connectivity index (χ3n) is 3.61. The molecule has 2 heterocycles. The van der Waals surface area contributed by atoms with Gasteiger partial charge >= 0.3 is 0 Å². The molecular formula is C16H21N3S. The van der Waals surface area contributed by atoms with E-state index in [0.717, 1.165) is 11.6 Å². The molecule has 1 aliphatic rings. The summed E-state index contributed by atoms with van der Waals surface area (Å²) in [6.45, 7) is 7.41. The second-order valence-electron chi connectivity index (χ2n) is 5.83. The highest BCUT2D eigenvalue weighted by Crippen LogP contribution is 2.44. The summed E-state index contributed by atoms with van der Waals surface area (Å²) in [4.78, 5) is 10.5. The molecule has 0 saturated heterocycles. The maximum Gasteiger partial charge on any atom is 0.124 e. The van der Waals surface area contributed by atoms with Crippen molar-refractivity contribution < 1.29 is 0 Å². The van der Waals surface area contributed by atoms with Crippen LogP contribution in [0.15, 0.2) is 18.5 Å². The van der Waals surface area contributed by atoms with Gasteiger partial charge in [0.15, 0.2) is 0 Å². The van der Waals surface area contributed by atoms with Crippen molar-refractivity contribution in [3.05, 3.63) is 34.6 Å². The Labute approximate surface area is 124 Å². The zero-order valence-corrected chi connectivity index (χ0v) is 13.1. The van der Waals surface area contributed by atoms with Crippen molar-refractivity contribution in [2.45, 2.75) is 52.1 Å². The van der Waals surface area contributed by atoms with E-state index in [2.05, 4.69) is 37.1 Å². The van der Waals surface area contributed by atoms with Gasteiger partial charge in [-0.15, -0.1) is 11.3 Å². The van der Waals surface area contributed by atoms with Crippen molar-refractivity contribution in [1.82, 2.24) is 15.3 Å². The van der Waals surface area contributed by atoms with Crippen molar-refractivity contribution in [2.75, 3.05) is 0 Å². The molecule has 2 aromatic rings. The van der Waals surface area contributed by atoms with Gasteiger partial charge in [0.25, 0.3) is 0 Å².